The number of nitrogens with zero attached hydrogens (tertiary/aromatic N) is 2. The summed E-state index contributed by atoms with van der Waals surface area (Å²) in [4.78, 5) is 17.7. The third-order valence-electron chi connectivity index (χ3n) is 4.95. The van der Waals surface area contributed by atoms with Crippen LogP contribution in [-0.2, 0) is 19.2 Å². The maximum atomic E-state index is 12.9. The van der Waals surface area contributed by atoms with Crippen molar-refractivity contribution in [2.45, 2.75) is 45.0 Å². The topological polar surface area (TPSA) is 34.9 Å². The third kappa shape index (κ3) is 4.51. The molecule has 140 valence electrons. The van der Waals surface area contributed by atoms with Gasteiger partial charge in [0.05, 0.1) is 0 Å². The van der Waals surface area contributed by atoms with Crippen molar-refractivity contribution in [3.63, 3.8) is 0 Å². The van der Waals surface area contributed by atoms with Crippen molar-refractivity contribution in [1.82, 2.24) is 9.55 Å². The molecule has 1 aromatic heterocycles. The van der Waals surface area contributed by atoms with Crippen LogP contribution in [0.2, 0.25) is 0 Å². The first-order chi connectivity index (χ1) is 12.8. The Balaban J connectivity index is 1.83. The van der Waals surface area contributed by atoms with Crippen molar-refractivity contribution in [3.05, 3.63) is 91.9 Å². The van der Waals surface area contributed by atoms with Crippen LogP contribution in [0.4, 0.5) is 0 Å². The minimum Gasteiger partial charge on any atom is -0.291 e. The summed E-state index contributed by atoms with van der Waals surface area (Å²) in [6.07, 6.45) is 0.620. The highest BCUT2D eigenvalue weighted by Gasteiger charge is 2.13. The predicted molar refractivity (Wildman–Crippen MR) is 114 cm³/mol. The van der Waals surface area contributed by atoms with Crippen LogP contribution in [0.25, 0.3) is 0 Å². The second kappa shape index (κ2) is 8.13. The van der Waals surface area contributed by atoms with Gasteiger partial charge in [-0.25, -0.2) is 4.98 Å². The van der Waals surface area contributed by atoms with E-state index in [4.69, 9.17) is 4.98 Å². The first kappa shape index (κ1) is 19.4. The van der Waals surface area contributed by atoms with Gasteiger partial charge in [-0.05, 0) is 49.9 Å². The molecule has 3 rings (SSSR count). The molecular weight excluding hydrogens is 352 g/mol. The molecule has 0 N–H and O–H groups in total. The van der Waals surface area contributed by atoms with Gasteiger partial charge in [0.2, 0.25) is 0 Å². The van der Waals surface area contributed by atoms with Crippen LogP contribution in [0, 0.1) is 27.7 Å². The molecule has 4 heteroatoms. The Morgan fingerprint density at radius 3 is 2.44 bits per heavy atom. The number of benzene rings is 2. The zero-order valence-corrected chi connectivity index (χ0v) is 17.5. The van der Waals surface area contributed by atoms with Gasteiger partial charge in [-0.1, -0.05) is 59.8 Å². The average Bonchev–Trinajstić information content (AvgIpc) is 2.63. The highest BCUT2D eigenvalue weighted by molar-refractivity contribution is 7.98. The maximum absolute atomic E-state index is 12.9. The molecule has 0 bridgehead atoms. The van der Waals surface area contributed by atoms with E-state index in [1.807, 2.05) is 20.0 Å². The molecule has 27 heavy (non-hydrogen) atoms. The average molecular weight is 379 g/mol. The fraction of sp³-hybridized carbons (Fsp3) is 0.304. The zero-order chi connectivity index (χ0) is 19.6. The molecule has 0 saturated carbocycles. The summed E-state index contributed by atoms with van der Waals surface area (Å²) in [5, 5.41) is 0.767. The van der Waals surface area contributed by atoms with Crippen LogP contribution in [0.3, 0.4) is 0 Å². The van der Waals surface area contributed by atoms with Crippen molar-refractivity contribution >= 4 is 11.8 Å². The van der Waals surface area contributed by atoms with Gasteiger partial charge in [-0.15, -0.1) is 0 Å². The van der Waals surface area contributed by atoms with Crippen LogP contribution in [0.5, 0.6) is 0 Å². The molecule has 0 fully saturated rings. The van der Waals surface area contributed by atoms with Crippen molar-refractivity contribution < 1.29 is 0 Å². The Labute approximate surface area is 165 Å². The fourth-order valence-corrected chi connectivity index (χ4v) is 4.08. The Morgan fingerprint density at radius 1 is 0.963 bits per heavy atom. The van der Waals surface area contributed by atoms with Gasteiger partial charge >= 0.3 is 0 Å². The predicted octanol–water partition coefficient (Wildman–Crippen LogP) is 4.90. The van der Waals surface area contributed by atoms with Crippen molar-refractivity contribution in [2.24, 2.45) is 7.05 Å². The van der Waals surface area contributed by atoms with Crippen LogP contribution in [0.1, 0.15) is 39.1 Å². The summed E-state index contributed by atoms with van der Waals surface area (Å²) in [7, 11) is 1.82. The molecule has 1 heterocycles. The number of thioether (sulfide) groups is 1. The lowest BCUT2D eigenvalue weighted by molar-refractivity contribution is 0.683. The van der Waals surface area contributed by atoms with Gasteiger partial charge in [0.15, 0.2) is 5.16 Å². The Morgan fingerprint density at radius 2 is 1.74 bits per heavy atom. The van der Waals surface area contributed by atoms with E-state index in [9.17, 15) is 4.79 Å². The van der Waals surface area contributed by atoms with Crippen LogP contribution >= 0.6 is 11.8 Å². The highest BCUT2D eigenvalue weighted by Crippen LogP contribution is 2.22. The molecule has 0 unspecified atom stereocenters. The number of aromatic nitrogens is 2. The summed E-state index contributed by atoms with van der Waals surface area (Å²) in [6, 6.07) is 14.8. The molecule has 3 aromatic rings. The van der Waals surface area contributed by atoms with E-state index in [0.29, 0.717) is 6.42 Å². The summed E-state index contributed by atoms with van der Waals surface area (Å²) >= 11 is 1.61. The van der Waals surface area contributed by atoms with Crippen LogP contribution in [0.15, 0.2) is 52.4 Å². The van der Waals surface area contributed by atoms with E-state index in [2.05, 4.69) is 57.2 Å². The van der Waals surface area contributed by atoms with E-state index >= 15 is 0 Å². The molecule has 0 spiro atoms. The molecular formula is C23H26N2OS. The van der Waals surface area contributed by atoms with E-state index in [-0.39, 0.29) is 5.56 Å². The lowest BCUT2D eigenvalue weighted by Gasteiger charge is -2.13. The number of rotatable bonds is 5. The molecule has 0 aliphatic rings. The summed E-state index contributed by atoms with van der Waals surface area (Å²) in [6.45, 7) is 8.25. The van der Waals surface area contributed by atoms with E-state index < -0.39 is 0 Å². The lowest BCUT2D eigenvalue weighted by Crippen LogP contribution is -2.25. The van der Waals surface area contributed by atoms with E-state index in [1.54, 1.807) is 16.3 Å². The fourth-order valence-electron chi connectivity index (χ4n) is 3.13. The smallest absolute Gasteiger partial charge is 0.257 e. The first-order valence-corrected chi connectivity index (χ1v) is 10.1. The SMILES string of the molecule is Cc1cccc(Cc2c(C)nc(SCc3ccc(C)c(C)c3)n(C)c2=O)c1. The first-order valence-electron chi connectivity index (χ1n) is 9.16. The van der Waals surface area contributed by atoms with Crippen LogP contribution < -0.4 is 5.56 Å². The molecule has 0 aliphatic carbocycles. The van der Waals surface area contributed by atoms with E-state index in [0.717, 1.165) is 27.7 Å². The standard InChI is InChI=1S/C23H26N2OS/c1-15-7-6-8-19(11-15)13-21-18(4)24-23(25(5)22(21)26)27-14-20-10-9-16(2)17(3)12-20/h6-12H,13-14H2,1-5H3. The van der Waals surface area contributed by atoms with E-state index in [1.165, 1.54) is 22.3 Å². The molecule has 0 atom stereocenters. The number of aryl methyl sites for hydroxylation is 4. The largest absolute Gasteiger partial charge is 0.291 e. The third-order valence-corrected chi connectivity index (χ3v) is 6.05. The van der Waals surface area contributed by atoms with Gasteiger partial charge in [0.1, 0.15) is 0 Å². The summed E-state index contributed by atoms with van der Waals surface area (Å²) in [5.74, 6) is 0.804. The maximum Gasteiger partial charge on any atom is 0.257 e. The quantitative estimate of drug-likeness (QED) is 0.468. The van der Waals surface area contributed by atoms with Gasteiger partial charge in [0, 0.05) is 30.5 Å². The second-order valence-corrected chi connectivity index (χ2v) is 8.14. The molecule has 0 radical (unpaired) electrons. The molecule has 2 aromatic carbocycles. The monoisotopic (exact) mass is 378 g/mol. The van der Waals surface area contributed by atoms with Gasteiger partial charge in [-0.2, -0.15) is 0 Å². The number of hydrogen-bond donors (Lipinski definition) is 0. The van der Waals surface area contributed by atoms with Crippen molar-refractivity contribution in [2.75, 3.05) is 0 Å². The minimum atomic E-state index is 0.0478. The summed E-state index contributed by atoms with van der Waals surface area (Å²) in [5.41, 5.74) is 7.83. The zero-order valence-electron chi connectivity index (χ0n) is 16.7. The molecule has 0 amide bonds. The van der Waals surface area contributed by atoms with Crippen molar-refractivity contribution in [1.29, 1.82) is 0 Å². The van der Waals surface area contributed by atoms with Crippen molar-refractivity contribution in [3.8, 4) is 0 Å². The molecule has 0 aliphatic heterocycles. The Bertz CT molecular complexity index is 1040. The Hall–Kier alpha value is -2.33. The van der Waals surface area contributed by atoms with Gasteiger partial charge in [-0.3, -0.25) is 9.36 Å². The summed E-state index contributed by atoms with van der Waals surface area (Å²) < 4.78 is 1.68. The Kier molecular flexibility index (Phi) is 5.85. The second-order valence-electron chi connectivity index (χ2n) is 7.20. The molecule has 3 nitrogen and oxygen atoms in total. The lowest BCUT2D eigenvalue weighted by atomic mass is 10.0. The highest BCUT2D eigenvalue weighted by atomic mass is 32.2. The number of hydrogen-bond acceptors (Lipinski definition) is 3. The van der Waals surface area contributed by atoms with Gasteiger partial charge < -0.3 is 0 Å². The minimum absolute atomic E-state index is 0.0478. The van der Waals surface area contributed by atoms with Gasteiger partial charge in [0.25, 0.3) is 5.56 Å². The van der Waals surface area contributed by atoms with Crippen LogP contribution in [-0.4, -0.2) is 9.55 Å². The molecule has 0 saturated heterocycles. The normalized spacial score (nSPS) is 11.0.